The molecule has 0 amide bonds. The van der Waals surface area contributed by atoms with E-state index in [0.29, 0.717) is 16.1 Å². The summed E-state index contributed by atoms with van der Waals surface area (Å²) in [5.41, 5.74) is 0. The summed E-state index contributed by atoms with van der Waals surface area (Å²) in [7, 11) is 0. The molecule has 2 aliphatic heterocycles. The zero-order valence-corrected chi connectivity index (χ0v) is 13.9. The number of aromatic nitrogens is 1. The predicted octanol–water partition coefficient (Wildman–Crippen LogP) is 3.49. The highest BCUT2D eigenvalue weighted by molar-refractivity contribution is 6.37. The molecular weight excluding hydrogens is 307 g/mol. The molecule has 1 atom stereocenters. The topological polar surface area (TPSA) is 31.4 Å². The van der Waals surface area contributed by atoms with Crippen LogP contribution in [0, 0.1) is 0 Å². The van der Waals surface area contributed by atoms with Crippen molar-refractivity contribution < 1.29 is 0 Å². The van der Waals surface area contributed by atoms with E-state index < -0.39 is 0 Å². The van der Waals surface area contributed by atoms with Crippen molar-refractivity contribution in [2.24, 2.45) is 0 Å². The second kappa shape index (κ2) is 6.59. The van der Waals surface area contributed by atoms with Gasteiger partial charge in [0.15, 0.2) is 0 Å². The number of fused-ring (bicyclic) bond motifs is 1. The van der Waals surface area contributed by atoms with Crippen LogP contribution in [0.15, 0.2) is 6.07 Å². The molecule has 1 aromatic heterocycles. The molecule has 2 aliphatic rings. The van der Waals surface area contributed by atoms with Crippen LogP contribution in [-0.2, 0) is 0 Å². The number of hydrogen-bond donors (Lipinski definition) is 1. The minimum atomic E-state index is 0.586. The molecule has 0 aromatic carbocycles. The van der Waals surface area contributed by atoms with Crippen molar-refractivity contribution in [3.63, 3.8) is 0 Å². The number of pyridine rings is 1. The maximum atomic E-state index is 6.40. The Hall–Kier alpha value is -0.710. The fourth-order valence-corrected chi connectivity index (χ4v) is 3.91. The SMILES string of the molecule is CCNc1nc(N2CCCN3CCCC3C2)c(Cl)cc1Cl. The molecule has 3 rings (SSSR count). The summed E-state index contributed by atoms with van der Waals surface area (Å²) in [6, 6.07) is 2.45. The Morgan fingerprint density at radius 2 is 2.05 bits per heavy atom. The van der Waals surface area contributed by atoms with E-state index in [1.54, 1.807) is 6.07 Å². The Labute approximate surface area is 136 Å². The van der Waals surface area contributed by atoms with Gasteiger partial charge in [0.2, 0.25) is 0 Å². The smallest absolute Gasteiger partial charge is 0.150 e. The van der Waals surface area contributed by atoms with Crippen molar-refractivity contribution in [3.8, 4) is 0 Å². The summed E-state index contributed by atoms with van der Waals surface area (Å²) in [6.45, 7) is 7.28. The fraction of sp³-hybridized carbons (Fsp3) is 0.667. The van der Waals surface area contributed by atoms with Crippen LogP contribution in [0.4, 0.5) is 11.6 Å². The maximum Gasteiger partial charge on any atom is 0.150 e. The Balaban J connectivity index is 1.86. The number of nitrogens with zero attached hydrogens (tertiary/aromatic N) is 3. The molecule has 2 saturated heterocycles. The summed E-state index contributed by atoms with van der Waals surface area (Å²) in [5, 5.41) is 4.44. The average molecular weight is 329 g/mol. The molecule has 3 heterocycles. The van der Waals surface area contributed by atoms with Crippen molar-refractivity contribution in [1.29, 1.82) is 0 Å². The number of hydrogen-bond acceptors (Lipinski definition) is 4. The van der Waals surface area contributed by atoms with Crippen molar-refractivity contribution in [1.82, 2.24) is 9.88 Å². The summed E-state index contributed by atoms with van der Waals surface area (Å²) in [6.07, 6.45) is 3.75. The van der Waals surface area contributed by atoms with Crippen LogP contribution in [0.1, 0.15) is 26.2 Å². The van der Waals surface area contributed by atoms with Gasteiger partial charge in [-0.15, -0.1) is 0 Å². The van der Waals surface area contributed by atoms with Crippen LogP contribution < -0.4 is 10.2 Å². The van der Waals surface area contributed by atoms with Gasteiger partial charge in [0.05, 0.1) is 10.0 Å². The van der Waals surface area contributed by atoms with Crippen molar-refractivity contribution >= 4 is 34.8 Å². The molecule has 0 aliphatic carbocycles. The van der Waals surface area contributed by atoms with Gasteiger partial charge in [-0.05, 0) is 38.8 Å². The van der Waals surface area contributed by atoms with E-state index in [0.717, 1.165) is 37.7 Å². The molecule has 0 saturated carbocycles. The number of halogens is 2. The van der Waals surface area contributed by atoms with Gasteiger partial charge in [-0.3, -0.25) is 4.90 Å². The van der Waals surface area contributed by atoms with E-state index in [4.69, 9.17) is 23.2 Å². The van der Waals surface area contributed by atoms with Crippen LogP contribution in [0.3, 0.4) is 0 Å². The fourth-order valence-electron chi connectivity index (χ4n) is 3.37. The first kappa shape index (κ1) is 15.2. The largest absolute Gasteiger partial charge is 0.369 e. The lowest BCUT2D eigenvalue weighted by Crippen LogP contribution is -2.37. The Kier molecular flexibility index (Phi) is 4.77. The quantitative estimate of drug-likeness (QED) is 0.920. The van der Waals surface area contributed by atoms with Gasteiger partial charge in [0.25, 0.3) is 0 Å². The Bertz CT molecular complexity index is 509. The zero-order valence-electron chi connectivity index (χ0n) is 12.4. The van der Waals surface area contributed by atoms with Crippen LogP contribution in [0.2, 0.25) is 10.0 Å². The van der Waals surface area contributed by atoms with Crippen molar-refractivity contribution in [2.45, 2.75) is 32.2 Å². The van der Waals surface area contributed by atoms with Crippen molar-refractivity contribution in [2.75, 3.05) is 42.9 Å². The van der Waals surface area contributed by atoms with Gasteiger partial charge < -0.3 is 10.2 Å². The highest BCUT2D eigenvalue weighted by atomic mass is 35.5. The first-order valence-corrected chi connectivity index (χ1v) is 8.53. The summed E-state index contributed by atoms with van der Waals surface area (Å²) < 4.78 is 0. The third kappa shape index (κ3) is 3.22. The molecule has 1 aromatic rings. The van der Waals surface area contributed by atoms with Gasteiger partial charge in [-0.1, -0.05) is 23.2 Å². The van der Waals surface area contributed by atoms with Crippen LogP contribution in [-0.4, -0.2) is 48.6 Å². The number of nitrogens with one attached hydrogen (secondary N) is 1. The molecule has 116 valence electrons. The molecule has 1 N–H and O–H groups in total. The summed E-state index contributed by atoms with van der Waals surface area (Å²) in [5.74, 6) is 1.59. The van der Waals surface area contributed by atoms with E-state index in [-0.39, 0.29) is 0 Å². The predicted molar refractivity (Wildman–Crippen MR) is 89.8 cm³/mol. The third-order valence-electron chi connectivity index (χ3n) is 4.36. The summed E-state index contributed by atoms with van der Waals surface area (Å²) >= 11 is 12.6. The molecule has 2 fully saturated rings. The third-order valence-corrected chi connectivity index (χ3v) is 4.92. The highest BCUT2D eigenvalue weighted by Gasteiger charge is 2.30. The Morgan fingerprint density at radius 1 is 1.24 bits per heavy atom. The van der Waals surface area contributed by atoms with E-state index in [2.05, 4.69) is 20.1 Å². The average Bonchev–Trinajstić information content (AvgIpc) is 2.79. The second-order valence-corrected chi connectivity index (χ2v) is 6.60. The van der Waals surface area contributed by atoms with E-state index in [1.807, 2.05) is 6.92 Å². The maximum absolute atomic E-state index is 6.40. The molecule has 0 bridgehead atoms. The molecule has 6 heteroatoms. The minimum absolute atomic E-state index is 0.586. The van der Waals surface area contributed by atoms with E-state index in [9.17, 15) is 0 Å². The van der Waals surface area contributed by atoms with Crippen LogP contribution >= 0.6 is 23.2 Å². The molecular formula is C15H22Cl2N4. The zero-order chi connectivity index (χ0) is 14.8. The normalized spacial score (nSPS) is 23.0. The lowest BCUT2D eigenvalue weighted by Gasteiger charge is -2.27. The molecule has 1 unspecified atom stereocenters. The monoisotopic (exact) mass is 328 g/mol. The van der Waals surface area contributed by atoms with Crippen LogP contribution in [0.25, 0.3) is 0 Å². The summed E-state index contributed by atoms with van der Waals surface area (Å²) in [4.78, 5) is 9.61. The Morgan fingerprint density at radius 3 is 2.86 bits per heavy atom. The first-order chi connectivity index (χ1) is 10.2. The molecule has 0 radical (unpaired) electrons. The number of rotatable bonds is 3. The van der Waals surface area contributed by atoms with E-state index >= 15 is 0 Å². The van der Waals surface area contributed by atoms with Crippen LogP contribution in [0.5, 0.6) is 0 Å². The van der Waals surface area contributed by atoms with Gasteiger partial charge in [-0.25, -0.2) is 4.98 Å². The standard InChI is InChI=1S/C15H22Cl2N4/c1-2-18-14-12(16)9-13(17)15(19-14)21-8-4-7-20-6-3-5-11(20)10-21/h9,11H,2-8,10H2,1H3,(H,18,19). The molecule has 4 nitrogen and oxygen atoms in total. The lowest BCUT2D eigenvalue weighted by atomic mass is 10.2. The van der Waals surface area contributed by atoms with Gasteiger partial charge in [-0.2, -0.15) is 0 Å². The van der Waals surface area contributed by atoms with Gasteiger partial charge in [0.1, 0.15) is 11.6 Å². The van der Waals surface area contributed by atoms with Crippen molar-refractivity contribution in [3.05, 3.63) is 16.1 Å². The minimum Gasteiger partial charge on any atom is -0.369 e. The van der Waals surface area contributed by atoms with Gasteiger partial charge in [0, 0.05) is 32.2 Å². The number of anilines is 2. The van der Waals surface area contributed by atoms with E-state index in [1.165, 1.54) is 25.9 Å². The first-order valence-electron chi connectivity index (χ1n) is 7.78. The van der Waals surface area contributed by atoms with Gasteiger partial charge >= 0.3 is 0 Å². The lowest BCUT2D eigenvalue weighted by molar-refractivity contribution is 0.273. The molecule has 0 spiro atoms. The second-order valence-electron chi connectivity index (χ2n) is 5.79. The molecule has 21 heavy (non-hydrogen) atoms. The highest BCUT2D eigenvalue weighted by Crippen LogP contribution is 2.33.